The van der Waals surface area contributed by atoms with Gasteiger partial charge in [-0.15, -0.1) is 0 Å². The Kier molecular flexibility index (Phi) is 4.18. The van der Waals surface area contributed by atoms with Gasteiger partial charge in [0, 0.05) is 24.0 Å². The van der Waals surface area contributed by atoms with E-state index in [0.29, 0.717) is 18.2 Å². The van der Waals surface area contributed by atoms with Crippen molar-refractivity contribution in [3.63, 3.8) is 0 Å². The van der Waals surface area contributed by atoms with Crippen molar-refractivity contribution in [3.05, 3.63) is 80.7 Å². The first-order chi connectivity index (χ1) is 12.1. The first-order valence-electron chi connectivity index (χ1n) is 8.97. The molecule has 0 fully saturated rings. The lowest BCUT2D eigenvalue weighted by Crippen LogP contribution is -2.25. The molecule has 0 saturated heterocycles. The van der Waals surface area contributed by atoms with Gasteiger partial charge >= 0.3 is 5.63 Å². The lowest BCUT2D eigenvalue weighted by Gasteiger charge is -2.26. The van der Waals surface area contributed by atoms with Gasteiger partial charge in [-0.1, -0.05) is 36.4 Å². The Labute approximate surface area is 147 Å². The minimum Gasteiger partial charge on any atom is -0.422 e. The molecule has 0 spiro atoms. The van der Waals surface area contributed by atoms with Crippen molar-refractivity contribution in [1.82, 2.24) is 5.32 Å². The summed E-state index contributed by atoms with van der Waals surface area (Å²) in [6.45, 7) is 4.72. The third-order valence-corrected chi connectivity index (χ3v) is 5.43. The summed E-state index contributed by atoms with van der Waals surface area (Å²) in [7, 11) is 0. The zero-order chi connectivity index (χ0) is 17.4. The highest BCUT2D eigenvalue weighted by atomic mass is 16.4. The quantitative estimate of drug-likeness (QED) is 0.714. The SMILES string of the molecule is Cc1ccc2c(CN[C@H]3CCCc4ccccc43)cc(=O)oc2c1C. The fraction of sp³-hybridized carbons (Fsp3) is 0.318. The van der Waals surface area contributed by atoms with Crippen molar-refractivity contribution in [2.24, 2.45) is 0 Å². The summed E-state index contributed by atoms with van der Waals surface area (Å²) in [5, 5.41) is 4.69. The summed E-state index contributed by atoms with van der Waals surface area (Å²) in [6.07, 6.45) is 3.49. The van der Waals surface area contributed by atoms with Crippen LogP contribution in [0.15, 0.2) is 51.7 Å². The van der Waals surface area contributed by atoms with Gasteiger partial charge in [0.1, 0.15) is 5.58 Å². The molecule has 0 aliphatic heterocycles. The largest absolute Gasteiger partial charge is 0.422 e. The fourth-order valence-electron chi connectivity index (χ4n) is 3.87. The molecule has 1 N–H and O–H groups in total. The highest BCUT2D eigenvalue weighted by molar-refractivity contribution is 5.83. The van der Waals surface area contributed by atoms with Crippen LogP contribution in [0, 0.1) is 13.8 Å². The van der Waals surface area contributed by atoms with Crippen LogP contribution in [0.1, 0.15) is 46.7 Å². The van der Waals surface area contributed by atoms with Crippen molar-refractivity contribution in [2.45, 2.75) is 45.7 Å². The minimum atomic E-state index is -0.276. The average Bonchev–Trinajstić information content (AvgIpc) is 2.63. The molecule has 1 atom stereocenters. The molecule has 4 rings (SSSR count). The molecule has 0 radical (unpaired) electrons. The monoisotopic (exact) mass is 333 g/mol. The van der Waals surface area contributed by atoms with E-state index in [9.17, 15) is 4.79 Å². The van der Waals surface area contributed by atoms with Crippen molar-refractivity contribution < 1.29 is 4.42 Å². The second kappa shape index (κ2) is 6.49. The van der Waals surface area contributed by atoms with E-state index in [2.05, 4.69) is 41.7 Å². The van der Waals surface area contributed by atoms with Gasteiger partial charge in [-0.3, -0.25) is 0 Å². The summed E-state index contributed by atoms with van der Waals surface area (Å²) >= 11 is 0. The summed E-state index contributed by atoms with van der Waals surface area (Å²) in [5.74, 6) is 0. The van der Waals surface area contributed by atoms with Gasteiger partial charge in [0.15, 0.2) is 0 Å². The molecule has 2 aromatic carbocycles. The van der Waals surface area contributed by atoms with Crippen LogP contribution in [0.25, 0.3) is 11.0 Å². The molecule has 1 aliphatic carbocycles. The maximum absolute atomic E-state index is 12.0. The van der Waals surface area contributed by atoms with Gasteiger partial charge in [0.2, 0.25) is 0 Å². The van der Waals surface area contributed by atoms with Gasteiger partial charge in [-0.05, 0) is 60.9 Å². The number of benzene rings is 2. The van der Waals surface area contributed by atoms with E-state index in [1.54, 1.807) is 6.07 Å². The van der Waals surface area contributed by atoms with E-state index in [4.69, 9.17) is 4.42 Å². The van der Waals surface area contributed by atoms with Crippen LogP contribution in [0.3, 0.4) is 0 Å². The van der Waals surface area contributed by atoms with Crippen LogP contribution in [-0.4, -0.2) is 0 Å². The van der Waals surface area contributed by atoms with E-state index in [1.807, 2.05) is 13.8 Å². The van der Waals surface area contributed by atoms with Gasteiger partial charge < -0.3 is 9.73 Å². The maximum atomic E-state index is 12.0. The summed E-state index contributed by atoms with van der Waals surface area (Å²) < 4.78 is 5.48. The van der Waals surface area contributed by atoms with Crippen molar-refractivity contribution in [2.75, 3.05) is 0 Å². The Morgan fingerprint density at radius 1 is 1.16 bits per heavy atom. The molecule has 1 aliphatic rings. The van der Waals surface area contributed by atoms with E-state index < -0.39 is 0 Å². The molecule has 25 heavy (non-hydrogen) atoms. The molecule has 0 amide bonds. The number of rotatable bonds is 3. The zero-order valence-corrected chi connectivity index (χ0v) is 14.8. The molecule has 1 aromatic heterocycles. The van der Waals surface area contributed by atoms with Gasteiger partial charge in [0.05, 0.1) is 0 Å². The van der Waals surface area contributed by atoms with Crippen molar-refractivity contribution >= 4 is 11.0 Å². The van der Waals surface area contributed by atoms with E-state index in [-0.39, 0.29) is 5.63 Å². The van der Waals surface area contributed by atoms with E-state index in [0.717, 1.165) is 34.9 Å². The van der Waals surface area contributed by atoms with Crippen LogP contribution in [0.4, 0.5) is 0 Å². The zero-order valence-electron chi connectivity index (χ0n) is 14.8. The summed E-state index contributed by atoms with van der Waals surface area (Å²) in [5.41, 5.74) is 6.47. The highest BCUT2D eigenvalue weighted by Crippen LogP contribution is 2.30. The number of aryl methyl sites for hydroxylation is 3. The molecule has 3 nitrogen and oxygen atoms in total. The Morgan fingerprint density at radius 3 is 2.88 bits per heavy atom. The molecule has 3 aromatic rings. The Balaban J connectivity index is 1.66. The smallest absolute Gasteiger partial charge is 0.336 e. The van der Waals surface area contributed by atoms with Crippen LogP contribution in [0.5, 0.6) is 0 Å². The number of fused-ring (bicyclic) bond motifs is 2. The standard InChI is InChI=1S/C22H23NO2/c1-14-10-11-19-17(12-21(24)25-22(19)15(14)2)13-23-20-9-5-7-16-6-3-4-8-18(16)20/h3-4,6,8,10-12,20,23H,5,7,9,13H2,1-2H3/t20-/m0/s1. The van der Waals surface area contributed by atoms with E-state index >= 15 is 0 Å². The van der Waals surface area contributed by atoms with Crippen LogP contribution >= 0.6 is 0 Å². The third-order valence-electron chi connectivity index (χ3n) is 5.43. The average molecular weight is 333 g/mol. The molecule has 0 unspecified atom stereocenters. The second-order valence-corrected chi connectivity index (χ2v) is 7.00. The predicted molar refractivity (Wildman–Crippen MR) is 101 cm³/mol. The fourth-order valence-corrected chi connectivity index (χ4v) is 3.87. The topological polar surface area (TPSA) is 42.2 Å². The first-order valence-corrected chi connectivity index (χ1v) is 8.97. The summed E-state index contributed by atoms with van der Waals surface area (Å²) in [6, 6.07) is 14.8. The maximum Gasteiger partial charge on any atom is 0.336 e. The summed E-state index contributed by atoms with van der Waals surface area (Å²) in [4.78, 5) is 12.0. The van der Waals surface area contributed by atoms with Gasteiger partial charge in [-0.2, -0.15) is 0 Å². The Morgan fingerprint density at radius 2 is 2.00 bits per heavy atom. The first kappa shape index (κ1) is 16.1. The lowest BCUT2D eigenvalue weighted by molar-refractivity contribution is 0.458. The lowest BCUT2D eigenvalue weighted by atomic mass is 9.87. The second-order valence-electron chi connectivity index (χ2n) is 7.00. The number of hydrogen-bond donors (Lipinski definition) is 1. The molecular formula is C22H23NO2. The number of hydrogen-bond acceptors (Lipinski definition) is 3. The van der Waals surface area contributed by atoms with Crippen molar-refractivity contribution in [3.8, 4) is 0 Å². The van der Waals surface area contributed by atoms with Crippen molar-refractivity contribution in [1.29, 1.82) is 0 Å². The van der Waals surface area contributed by atoms with Crippen LogP contribution in [0.2, 0.25) is 0 Å². The predicted octanol–water partition coefficient (Wildman–Crippen LogP) is 4.58. The third kappa shape index (κ3) is 3.00. The molecule has 128 valence electrons. The molecule has 0 bridgehead atoms. The molecule has 3 heteroatoms. The normalized spacial score (nSPS) is 16.8. The minimum absolute atomic E-state index is 0.276. The molecule has 0 saturated carbocycles. The Bertz CT molecular complexity index is 987. The van der Waals surface area contributed by atoms with E-state index in [1.165, 1.54) is 17.5 Å². The highest BCUT2D eigenvalue weighted by Gasteiger charge is 2.19. The van der Waals surface area contributed by atoms with Gasteiger partial charge in [0.25, 0.3) is 0 Å². The molecule has 1 heterocycles. The number of nitrogens with one attached hydrogen (secondary N) is 1. The van der Waals surface area contributed by atoms with Gasteiger partial charge in [-0.25, -0.2) is 4.79 Å². The molecular weight excluding hydrogens is 310 g/mol. The van der Waals surface area contributed by atoms with Crippen LogP contribution < -0.4 is 10.9 Å². The Hall–Kier alpha value is -2.39. The van der Waals surface area contributed by atoms with Crippen LogP contribution in [-0.2, 0) is 13.0 Å².